The summed E-state index contributed by atoms with van der Waals surface area (Å²) in [6.45, 7) is 2.06. The number of ether oxygens (including phenoxy) is 1. The molecule has 0 aliphatic heterocycles. The monoisotopic (exact) mass is 362 g/mol. The number of imidazole rings is 1. The van der Waals surface area contributed by atoms with Crippen molar-refractivity contribution in [2.45, 2.75) is 38.2 Å². The lowest BCUT2D eigenvalue weighted by Gasteiger charge is -2.25. The van der Waals surface area contributed by atoms with Crippen molar-refractivity contribution in [2.75, 3.05) is 7.11 Å². The molecule has 0 spiro atoms. The van der Waals surface area contributed by atoms with Gasteiger partial charge in [0.05, 0.1) is 10.6 Å². The second-order valence-corrected chi connectivity index (χ2v) is 6.67. The maximum absolute atomic E-state index is 5.82. The molecule has 2 heterocycles. The number of hydrogen-bond donors (Lipinski definition) is 0. The Labute approximate surface area is 118 Å². The van der Waals surface area contributed by atoms with Gasteiger partial charge in [0.15, 0.2) is 4.96 Å². The van der Waals surface area contributed by atoms with E-state index in [0.29, 0.717) is 0 Å². The molecule has 0 saturated heterocycles. The zero-order valence-electron chi connectivity index (χ0n) is 9.99. The third-order valence-corrected chi connectivity index (χ3v) is 6.15. The van der Waals surface area contributed by atoms with Crippen molar-refractivity contribution >= 4 is 38.9 Å². The lowest BCUT2D eigenvalue weighted by Crippen LogP contribution is -2.22. The van der Waals surface area contributed by atoms with E-state index in [1.807, 2.05) is 7.11 Å². The number of methoxy groups -OCH3 is 1. The molecule has 1 aliphatic rings. The quantitative estimate of drug-likeness (QED) is 0.762. The Morgan fingerprint density at radius 1 is 1.47 bits per heavy atom. The maximum Gasteiger partial charge on any atom is 0.195 e. The summed E-state index contributed by atoms with van der Waals surface area (Å²) in [5.41, 5.74) is 1.07. The van der Waals surface area contributed by atoms with Crippen molar-refractivity contribution in [2.24, 2.45) is 0 Å². The van der Waals surface area contributed by atoms with Gasteiger partial charge < -0.3 is 4.74 Å². The fraction of sp³-hybridized carbons (Fsp3) is 0.583. The van der Waals surface area contributed by atoms with Gasteiger partial charge in [-0.05, 0) is 42.4 Å². The molecule has 17 heavy (non-hydrogen) atoms. The lowest BCUT2D eigenvalue weighted by molar-refractivity contribution is -0.00579. The predicted molar refractivity (Wildman–Crippen MR) is 77.7 cm³/mol. The van der Waals surface area contributed by atoms with Crippen LogP contribution in [0.5, 0.6) is 0 Å². The number of halogens is 1. The number of hydrogen-bond acceptors (Lipinski definition) is 3. The van der Waals surface area contributed by atoms with Crippen molar-refractivity contribution in [3.05, 3.63) is 20.5 Å². The molecule has 0 atom stereocenters. The van der Waals surface area contributed by atoms with Gasteiger partial charge in [-0.15, -0.1) is 0 Å². The summed E-state index contributed by atoms with van der Waals surface area (Å²) in [6, 6.07) is 0. The summed E-state index contributed by atoms with van der Waals surface area (Å²) in [5.74, 6) is 0. The summed E-state index contributed by atoms with van der Waals surface area (Å²) in [5, 5.41) is 0. The fourth-order valence-corrected chi connectivity index (χ4v) is 4.54. The third kappa shape index (κ3) is 1.74. The van der Waals surface area contributed by atoms with Gasteiger partial charge in [0.1, 0.15) is 9.30 Å². The van der Waals surface area contributed by atoms with Crippen LogP contribution in [-0.4, -0.2) is 16.5 Å². The van der Waals surface area contributed by atoms with Crippen LogP contribution in [0, 0.1) is 10.6 Å². The minimum absolute atomic E-state index is 0.0393. The number of aryl methyl sites for hydroxylation is 1. The molecule has 0 bridgehead atoms. The first-order chi connectivity index (χ1) is 8.16. The largest absolute Gasteiger partial charge is 0.373 e. The molecule has 0 amide bonds. The van der Waals surface area contributed by atoms with E-state index < -0.39 is 0 Å². The third-order valence-electron chi connectivity index (χ3n) is 3.68. The minimum Gasteiger partial charge on any atom is -0.373 e. The maximum atomic E-state index is 5.82. The molecule has 5 heteroatoms. The average Bonchev–Trinajstić information content (AvgIpc) is 2.98. The Bertz CT molecular complexity index is 554. The van der Waals surface area contributed by atoms with E-state index in [0.717, 1.165) is 23.5 Å². The van der Waals surface area contributed by atoms with Crippen molar-refractivity contribution in [3.8, 4) is 0 Å². The van der Waals surface area contributed by atoms with Crippen LogP contribution in [0.1, 0.15) is 36.3 Å². The van der Waals surface area contributed by atoms with Crippen LogP contribution in [0.3, 0.4) is 0 Å². The summed E-state index contributed by atoms with van der Waals surface area (Å²) in [6.07, 6.45) is 7.04. The van der Waals surface area contributed by atoms with Crippen LogP contribution in [0.15, 0.2) is 6.20 Å². The topological polar surface area (TPSA) is 26.5 Å². The Kier molecular flexibility index (Phi) is 2.95. The molecule has 2 aromatic rings. The highest BCUT2D eigenvalue weighted by Crippen LogP contribution is 2.44. The second kappa shape index (κ2) is 4.20. The fourth-order valence-electron chi connectivity index (χ4n) is 2.64. The molecule has 3 nitrogen and oxygen atoms in total. The molecule has 3 rings (SSSR count). The molecule has 0 aromatic carbocycles. The van der Waals surface area contributed by atoms with Gasteiger partial charge in [-0.25, -0.2) is 4.98 Å². The van der Waals surface area contributed by atoms with E-state index in [1.54, 1.807) is 11.3 Å². The zero-order valence-corrected chi connectivity index (χ0v) is 13.0. The molecule has 1 aliphatic carbocycles. The average molecular weight is 362 g/mol. The SMILES string of the molecule is COC1(c2cn3c(I)c(C)nc3s2)CCCC1. The summed E-state index contributed by atoms with van der Waals surface area (Å²) in [4.78, 5) is 7.01. The highest BCUT2D eigenvalue weighted by molar-refractivity contribution is 14.1. The summed E-state index contributed by atoms with van der Waals surface area (Å²) in [7, 11) is 1.84. The van der Waals surface area contributed by atoms with Gasteiger partial charge in [-0.2, -0.15) is 0 Å². The first-order valence-corrected chi connectivity index (χ1v) is 7.75. The molecule has 1 saturated carbocycles. The molecule has 0 radical (unpaired) electrons. The molecule has 2 aromatic heterocycles. The Balaban J connectivity index is 2.11. The van der Waals surface area contributed by atoms with Gasteiger partial charge in [-0.1, -0.05) is 24.2 Å². The lowest BCUT2D eigenvalue weighted by atomic mass is 10.0. The second-order valence-electron chi connectivity index (χ2n) is 4.64. The van der Waals surface area contributed by atoms with Crippen LogP contribution in [0.4, 0.5) is 0 Å². The Morgan fingerprint density at radius 2 is 2.18 bits per heavy atom. The summed E-state index contributed by atoms with van der Waals surface area (Å²) >= 11 is 4.13. The molecule has 0 N–H and O–H groups in total. The zero-order chi connectivity index (χ0) is 12.0. The van der Waals surface area contributed by atoms with Crippen molar-refractivity contribution in [1.29, 1.82) is 0 Å². The normalized spacial score (nSPS) is 19.2. The van der Waals surface area contributed by atoms with Gasteiger partial charge in [0, 0.05) is 13.3 Å². The first kappa shape index (κ1) is 11.9. The number of nitrogens with zero attached hydrogens (tertiary/aromatic N) is 2. The van der Waals surface area contributed by atoms with E-state index in [-0.39, 0.29) is 5.60 Å². The van der Waals surface area contributed by atoms with E-state index in [1.165, 1.54) is 21.4 Å². The van der Waals surface area contributed by atoms with Crippen LogP contribution in [0.25, 0.3) is 4.96 Å². The molecular formula is C12H15IN2OS. The Morgan fingerprint density at radius 3 is 2.76 bits per heavy atom. The van der Waals surface area contributed by atoms with Gasteiger partial charge in [0.2, 0.25) is 0 Å². The van der Waals surface area contributed by atoms with E-state index in [9.17, 15) is 0 Å². The molecule has 1 fully saturated rings. The van der Waals surface area contributed by atoms with Gasteiger partial charge in [0.25, 0.3) is 0 Å². The van der Waals surface area contributed by atoms with Crippen molar-refractivity contribution < 1.29 is 4.74 Å². The van der Waals surface area contributed by atoms with Crippen LogP contribution < -0.4 is 0 Å². The summed E-state index contributed by atoms with van der Waals surface area (Å²) < 4.78 is 9.22. The smallest absolute Gasteiger partial charge is 0.195 e. The van der Waals surface area contributed by atoms with Crippen molar-refractivity contribution in [3.63, 3.8) is 0 Å². The van der Waals surface area contributed by atoms with Crippen LogP contribution in [0.2, 0.25) is 0 Å². The molecular weight excluding hydrogens is 347 g/mol. The van der Waals surface area contributed by atoms with E-state index in [4.69, 9.17) is 4.74 Å². The van der Waals surface area contributed by atoms with Crippen LogP contribution in [-0.2, 0) is 10.3 Å². The standard InChI is InChI=1S/C12H15IN2OS/c1-8-10(13)15-7-9(17-11(15)14-8)12(16-2)5-3-4-6-12/h7H,3-6H2,1-2H3. The van der Waals surface area contributed by atoms with Crippen molar-refractivity contribution in [1.82, 2.24) is 9.38 Å². The number of aromatic nitrogens is 2. The van der Waals surface area contributed by atoms with Crippen LogP contribution >= 0.6 is 33.9 Å². The highest BCUT2D eigenvalue weighted by atomic mass is 127. The van der Waals surface area contributed by atoms with Gasteiger partial charge >= 0.3 is 0 Å². The Hall–Kier alpha value is -0.140. The van der Waals surface area contributed by atoms with E-state index in [2.05, 4.69) is 45.1 Å². The number of fused-ring (bicyclic) bond motifs is 1. The highest BCUT2D eigenvalue weighted by Gasteiger charge is 2.37. The van der Waals surface area contributed by atoms with E-state index >= 15 is 0 Å². The molecule has 0 unspecified atom stereocenters. The minimum atomic E-state index is -0.0393. The predicted octanol–water partition coefficient (Wildman–Crippen LogP) is 3.72. The van der Waals surface area contributed by atoms with Gasteiger partial charge in [-0.3, -0.25) is 4.40 Å². The number of thiazole rings is 1. The first-order valence-electron chi connectivity index (χ1n) is 5.86. The molecule has 92 valence electrons. The number of rotatable bonds is 2.